The Labute approximate surface area is 105 Å². The molecule has 0 radical (unpaired) electrons. The van der Waals surface area contributed by atoms with E-state index in [1.807, 2.05) is 16.7 Å². The van der Waals surface area contributed by atoms with Crippen molar-refractivity contribution in [3.63, 3.8) is 0 Å². The van der Waals surface area contributed by atoms with Crippen molar-refractivity contribution in [1.29, 1.82) is 0 Å². The van der Waals surface area contributed by atoms with Crippen molar-refractivity contribution in [2.24, 2.45) is 0 Å². The number of rotatable bonds is 1. The second-order valence-electron chi connectivity index (χ2n) is 4.76. The lowest BCUT2D eigenvalue weighted by atomic mass is 10.1. The molecule has 2 heterocycles. The lowest BCUT2D eigenvalue weighted by molar-refractivity contribution is 0.101. The summed E-state index contributed by atoms with van der Waals surface area (Å²) in [7, 11) is 0. The van der Waals surface area contributed by atoms with E-state index in [9.17, 15) is 4.79 Å². The summed E-state index contributed by atoms with van der Waals surface area (Å²) in [6.45, 7) is 5.70. The van der Waals surface area contributed by atoms with Crippen LogP contribution >= 0.6 is 0 Å². The van der Waals surface area contributed by atoms with Crippen LogP contribution in [0.3, 0.4) is 0 Å². The van der Waals surface area contributed by atoms with E-state index in [-0.39, 0.29) is 5.78 Å². The first-order valence-corrected chi connectivity index (χ1v) is 5.96. The highest BCUT2D eigenvalue weighted by Gasteiger charge is 2.09. The van der Waals surface area contributed by atoms with Crippen molar-refractivity contribution in [3.05, 3.63) is 47.3 Å². The first-order valence-electron chi connectivity index (χ1n) is 5.96. The first kappa shape index (κ1) is 11.0. The number of imidazole rings is 1. The summed E-state index contributed by atoms with van der Waals surface area (Å²) in [5, 5.41) is 1.20. The van der Waals surface area contributed by atoms with E-state index in [0.717, 1.165) is 11.2 Å². The molecule has 0 aliphatic carbocycles. The quantitative estimate of drug-likeness (QED) is 0.609. The van der Waals surface area contributed by atoms with Crippen molar-refractivity contribution in [3.8, 4) is 0 Å². The Balaban J connectivity index is 2.48. The van der Waals surface area contributed by atoms with Crippen LogP contribution in [0.1, 0.15) is 28.5 Å². The van der Waals surface area contributed by atoms with Crippen molar-refractivity contribution in [2.75, 3.05) is 0 Å². The van der Waals surface area contributed by atoms with Gasteiger partial charge in [-0.2, -0.15) is 0 Å². The summed E-state index contributed by atoms with van der Waals surface area (Å²) in [5.41, 5.74) is 4.85. The van der Waals surface area contributed by atoms with Crippen LogP contribution in [0.5, 0.6) is 0 Å². The molecule has 3 nitrogen and oxygen atoms in total. The zero-order chi connectivity index (χ0) is 12.9. The molecule has 2 aromatic heterocycles. The Bertz CT molecular complexity index is 784. The number of hydrogen-bond acceptors (Lipinski definition) is 2. The summed E-state index contributed by atoms with van der Waals surface area (Å²) in [5.74, 6) is -0.00313. The van der Waals surface area contributed by atoms with Gasteiger partial charge < -0.3 is 0 Å². The average Bonchev–Trinajstić information content (AvgIpc) is 2.73. The summed E-state index contributed by atoms with van der Waals surface area (Å²) >= 11 is 0. The molecule has 0 aliphatic rings. The van der Waals surface area contributed by atoms with Gasteiger partial charge in [0.1, 0.15) is 11.3 Å². The molecule has 0 aliphatic heterocycles. The van der Waals surface area contributed by atoms with Gasteiger partial charge >= 0.3 is 0 Å². The molecule has 0 N–H and O–H groups in total. The van der Waals surface area contributed by atoms with Gasteiger partial charge in [0.15, 0.2) is 5.78 Å². The molecule has 18 heavy (non-hydrogen) atoms. The molecule has 0 saturated carbocycles. The van der Waals surface area contributed by atoms with Crippen LogP contribution in [-0.4, -0.2) is 15.2 Å². The molecule has 0 spiro atoms. The largest absolute Gasteiger partial charge is 0.299 e. The van der Waals surface area contributed by atoms with Gasteiger partial charge in [-0.25, -0.2) is 4.98 Å². The third-order valence-electron chi connectivity index (χ3n) is 3.28. The number of fused-ring (bicyclic) bond motifs is 3. The molecular weight excluding hydrogens is 224 g/mol. The summed E-state index contributed by atoms with van der Waals surface area (Å²) < 4.78 is 1.98. The topological polar surface area (TPSA) is 34.4 Å². The molecule has 3 rings (SSSR count). The van der Waals surface area contributed by atoms with E-state index in [2.05, 4.69) is 37.0 Å². The maximum Gasteiger partial charge on any atom is 0.179 e. The number of carbonyl (C=O) groups is 1. The van der Waals surface area contributed by atoms with Crippen LogP contribution in [0.4, 0.5) is 0 Å². The molecule has 0 amide bonds. The number of nitrogens with zero attached hydrogens (tertiary/aromatic N) is 2. The standard InChI is InChI=1S/C15H14N2O/c1-9-4-5-14-12(6-9)10(2)7-15-16-13(11(3)18)8-17(14)15/h4-8H,1-3H3. The zero-order valence-corrected chi connectivity index (χ0v) is 10.7. The molecule has 0 saturated heterocycles. The minimum Gasteiger partial charge on any atom is -0.299 e. The van der Waals surface area contributed by atoms with Crippen molar-refractivity contribution in [2.45, 2.75) is 20.8 Å². The first-order chi connectivity index (χ1) is 8.56. The second kappa shape index (κ2) is 3.67. The molecule has 3 heteroatoms. The Hall–Kier alpha value is -2.16. The lowest BCUT2D eigenvalue weighted by Gasteiger charge is -2.06. The molecular formula is C15H14N2O. The summed E-state index contributed by atoms with van der Waals surface area (Å²) in [4.78, 5) is 15.8. The molecule has 0 bridgehead atoms. The number of carbonyl (C=O) groups excluding carboxylic acids is 1. The van der Waals surface area contributed by atoms with Crippen LogP contribution in [0.2, 0.25) is 0 Å². The fraction of sp³-hybridized carbons (Fsp3) is 0.200. The number of hydrogen-bond donors (Lipinski definition) is 0. The van der Waals surface area contributed by atoms with E-state index in [1.54, 1.807) is 6.92 Å². The van der Waals surface area contributed by atoms with Crippen LogP contribution in [0, 0.1) is 13.8 Å². The number of pyridine rings is 1. The van der Waals surface area contributed by atoms with Crippen LogP contribution in [0.25, 0.3) is 16.6 Å². The lowest BCUT2D eigenvalue weighted by Crippen LogP contribution is -1.90. The maximum absolute atomic E-state index is 11.4. The van der Waals surface area contributed by atoms with Gasteiger partial charge in [-0.15, -0.1) is 0 Å². The highest BCUT2D eigenvalue weighted by atomic mass is 16.1. The number of aryl methyl sites for hydroxylation is 2. The van der Waals surface area contributed by atoms with Gasteiger partial charge in [0, 0.05) is 18.5 Å². The van der Waals surface area contributed by atoms with E-state index in [1.165, 1.54) is 16.5 Å². The van der Waals surface area contributed by atoms with E-state index < -0.39 is 0 Å². The number of ketones is 1. The monoisotopic (exact) mass is 238 g/mol. The summed E-state index contributed by atoms with van der Waals surface area (Å²) in [6, 6.07) is 8.34. The van der Waals surface area contributed by atoms with E-state index in [0.29, 0.717) is 5.69 Å². The minimum absolute atomic E-state index is 0.00313. The number of benzene rings is 1. The maximum atomic E-state index is 11.4. The third kappa shape index (κ3) is 1.51. The fourth-order valence-electron chi connectivity index (χ4n) is 2.31. The van der Waals surface area contributed by atoms with E-state index >= 15 is 0 Å². The molecule has 0 atom stereocenters. The Morgan fingerprint density at radius 3 is 2.72 bits per heavy atom. The van der Waals surface area contributed by atoms with Gasteiger partial charge in [-0.05, 0) is 37.6 Å². The molecule has 1 aromatic carbocycles. The Morgan fingerprint density at radius 2 is 2.00 bits per heavy atom. The van der Waals surface area contributed by atoms with Crippen molar-refractivity contribution < 1.29 is 4.79 Å². The SMILES string of the molecule is CC(=O)c1cn2c(cc(C)c3cc(C)ccc32)n1. The van der Waals surface area contributed by atoms with Gasteiger partial charge in [0.25, 0.3) is 0 Å². The second-order valence-corrected chi connectivity index (χ2v) is 4.76. The summed E-state index contributed by atoms with van der Waals surface area (Å²) in [6.07, 6.45) is 1.81. The van der Waals surface area contributed by atoms with Crippen LogP contribution in [-0.2, 0) is 0 Å². The fourth-order valence-corrected chi connectivity index (χ4v) is 2.31. The molecule has 0 fully saturated rings. The van der Waals surface area contributed by atoms with E-state index in [4.69, 9.17) is 0 Å². The zero-order valence-electron chi connectivity index (χ0n) is 10.7. The molecule has 3 aromatic rings. The molecule has 0 unspecified atom stereocenters. The molecule has 90 valence electrons. The Kier molecular flexibility index (Phi) is 2.23. The highest BCUT2D eigenvalue weighted by molar-refractivity contribution is 5.94. The van der Waals surface area contributed by atoms with Gasteiger partial charge in [0.05, 0.1) is 5.52 Å². The van der Waals surface area contributed by atoms with Crippen molar-refractivity contribution >= 4 is 22.3 Å². The minimum atomic E-state index is -0.00313. The highest BCUT2D eigenvalue weighted by Crippen LogP contribution is 2.22. The van der Waals surface area contributed by atoms with Gasteiger partial charge in [-0.1, -0.05) is 11.6 Å². The smallest absolute Gasteiger partial charge is 0.179 e. The van der Waals surface area contributed by atoms with Crippen molar-refractivity contribution in [1.82, 2.24) is 9.38 Å². The van der Waals surface area contributed by atoms with Gasteiger partial charge in [0.2, 0.25) is 0 Å². The number of aromatic nitrogens is 2. The van der Waals surface area contributed by atoms with Crippen LogP contribution in [0.15, 0.2) is 30.5 Å². The predicted molar refractivity (Wildman–Crippen MR) is 72.2 cm³/mol. The normalized spacial score (nSPS) is 11.3. The van der Waals surface area contributed by atoms with Crippen LogP contribution < -0.4 is 0 Å². The third-order valence-corrected chi connectivity index (χ3v) is 3.28. The predicted octanol–water partition coefficient (Wildman–Crippen LogP) is 3.31. The number of Topliss-reactive ketones (excluding diaryl/α,β-unsaturated/α-hetero) is 1. The Morgan fingerprint density at radius 1 is 1.22 bits per heavy atom. The van der Waals surface area contributed by atoms with Gasteiger partial charge in [-0.3, -0.25) is 9.20 Å². The average molecular weight is 238 g/mol.